The summed E-state index contributed by atoms with van der Waals surface area (Å²) in [6, 6.07) is 1.42. The van der Waals surface area contributed by atoms with Crippen LogP contribution in [0, 0.1) is 5.92 Å². The van der Waals surface area contributed by atoms with Crippen LogP contribution in [0.15, 0.2) is 12.3 Å². The van der Waals surface area contributed by atoms with E-state index >= 15 is 0 Å². The summed E-state index contributed by atoms with van der Waals surface area (Å²) < 4.78 is 7.50. The van der Waals surface area contributed by atoms with Crippen LogP contribution >= 0.6 is 0 Å². The molecule has 5 rings (SSSR count). The van der Waals surface area contributed by atoms with E-state index in [1.807, 2.05) is 20.0 Å². The molecule has 2 atom stereocenters. The molecule has 4 aliphatic rings. The lowest BCUT2D eigenvalue weighted by Gasteiger charge is -2.48. The summed E-state index contributed by atoms with van der Waals surface area (Å²) in [6.07, 6.45) is 7.79. The molecule has 7 nitrogen and oxygen atoms in total. The van der Waals surface area contributed by atoms with Crippen molar-refractivity contribution in [3.63, 3.8) is 0 Å². The summed E-state index contributed by atoms with van der Waals surface area (Å²) in [5.74, 6) is 0.664. The van der Waals surface area contributed by atoms with E-state index in [-0.39, 0.29) is 24.0 Å². The molecule has 2 bridgehead atoms. The predicted molar refractivity (Wildman–Crippen MR) is 95.1 cm³/mol. The average Bonchev–Trinajstić information content (AvgIpc) is 3.08. The van der Waals surface area contributed by atoms with Crippen molar-refractivity contribution in [1.29, 1.82) is 0 Å². The third-order valence-corrected chi connectivity index (χ3v) is 6.57. The van der Waals surface area contributed by atoms with Crippen LogP contribution in [0.25, 0.3) is 0 Å². The Kier molecular flexibility index (Phi) is 4.50. The van der Waals surface area contributed by atoms with E-state index in [0.29, 0.717) is 6.54 Å². The number of ether oxygens (including phenoxy) is 1. The van der Waals surface area contributed by atoms with Crippen LogP contribution in [0.2, 0.25) is 0 Å². The van der Waals surface area contributed by atoms with Crippen molar-refractivity contribution in [1.82, 2.24) is 20.0 Å². The summed E-state index contributed by atoms with van der Waals surface area (Å²) in [5.41, 5.74) is 0.745. The number of hydrogen-bond acceptors (Lipinski definition) is 4. The van der Waals surface area contributed by atoms with Gasteiger partial charge in [0.05, 0.1) is 5.69 Å². The number of carbonyl (C=O) groups excluding carboxylic acids is 2. The highest BCUT2D eigenvalue weighted by atomic mass is 16.5. The van der Waals surface area contributed by atoms with Gasteiger partial charge in [-0.3, -0.25) is 14.3 Å². The van der Waals surface area contributed by atoms with Gasteiger partial charge in [0.15, 0.2) is 6.10 Å². The van der Waals surface area contributed by atoms with Gasteiger partial charge >= 0.3 is 0 Å². The molecule has 3 saturated carbocycles. The zero-order valence-electron chi connectivity index (χ0n) is 15.6. The first-order valence-corrected chi connectivity index (χ1v) is 9.74. The molecule has 26 heavy (non-hydrogen) atoms. The lowest BCUT2D eigenvalue weighted by Crippen LogP contribution is -2.60. The zero-order chi connectivity index (χ0) is 18.3. The summed E-state index contributed by atoms with van der Waals surface area (Å²) >= 11 is 0. The van der Waals surface area contributed by atoms with E-state index in [0.717, 1.165) is 30.9 Å². The second kappa shape index (κ2) is 6.68. The van der Waals surface area contributed by atoms with Gasteiger partial charge < -0.3 is 15.0 Å². The molecule has 2 heterocycles. The van der Waals surface area contributed by atoms with E-state index in [4.69, 9.17) is 4.74 Å². The van der Waals surface area contributed by atoms with Crippen molar-refractivity contribution in [3.8, 4) is 0 Å². The van der Waals surface area contributed by atoms with Gasteiger partial charge in [0.2, 0.25) is 5.91 Å². The third-order valence-electron chi connectivity index (χ3n) is 6.57. The van der Waals surface area contributed by atoms with Crippen molar-refractivity contribution >= 4 is 11.8 Å². The molecule has 2 amide bonds. The molecule has 1 aromatic heterocycles. The van der Waals surface area contributed by atoms with Gasteiger partial charge in [0.25, 0.3) is 5.91 Å². The van der Waals surface area contributed by atoms with Crippen molar-refractivity contribution in [3.05, 3.63) is 18.0 Å². The molecule has 1 saturated heterocycles. The second-order valence-corrected chi connectivity index (χ2v) is 7.99. The van der Waals surface area contributed by atoms with Crippen LogP contribution in [0.4, 0.5) is 0 Å². The fraction of sp³-hybridized carbons (Fsp3) is 0.737. The highest BCUT2D eigenvalue weighted by molar-refractivity contribution is 5.86. The monoisotopic (exact) mass is 360 g/mol. The van der Waals surface area contributed by atoms with Gasteiger partial charge in [0.1, 0.15) is 12.6 Å². The second-order valence-electron chi connectivity index (χ2n) is 7.99. The van der Waals surface area contributed by atoms with Crippen LogP contribution in [0.3, 0.4) is 0 Å². The Bertz CT molecular complexity index is 679. The van der Waals surface area contributed by atoms with Crippen molar-refractivity contribution in [2.24, 2.45) is 13.0 Å². The Labute approximate surface area is 154 Å². The number of hydrogen-bond donors (Lipinski definition) is 1. The van der Waals surface area contributed by atoms with Gasteiger partial charge in [0, 0.05) is 25.3 Å². The number of carbonyl (C=O) groups is 2. The molecule has 7 heteroatoms. The fourth-order valence-electron chi connectivity index (χ4n) is 5.00. The van der Waals surface area contributed by atoms with Gasteiger partial charge in [-0.1, -0.05) is 0 Å². The molecule has 1 aliphatic heterocycles. The first-order valence-electron chi connectivity index (χ1n) is 9.74. The number of nitrogens with one attached hydrogen (secondary N) is 1. The van der Waals surface area contributed by atoms with Crippen LogP contribution in [-0.4, -0.2) is 51.3 Å². The molecule has 0 aromatic carbocycles. The summed E-state index contributed by atoms with van der Waals surface area (Å²) in [5, 5.41) is 7.55. The predicted octanol–water partition coefficient (Wildman–Crippen LogP) is 1.55. The van der Waals surface area contributed by atoms with Gasteiger partial charge in [-0.2, -0.15) is 5.10 Å². The SMILES string of the molecule is CCN1C(=O)CO[C@H](C(=O)NC23CCC(CC2)CC3)[C@H]1c1ccnn1C. The smallest absolute Gasteiger partial charge is 0.252 e. The van der Waals surface area contributed by atoms with Crippen molar-refractivity contribution in [2.75, 3.05) is 13.2 Å². The normalized spacial score (nSPS) is 34.2. The molecule has 0 radical (unpaired) electrons. The minimum absolute atomic E-state index is 0.0463. The fourth-order valence-corrected chi connectivity index (χ4v) is 5.00. The molecule has 0 spiro atoms. The highest BCUT2D eigenvalue weighted by Gasteiger charge is 2.47. The maximum atomic E-state index is 13.2. The minimum Gasteiger partial charge on any atom is -0.356 e. The molecule has 0 unspecified atom stereocenters. The first kappa shape index (κ1) is 17.5. The molecule has 1 aromatic rings. The van der Waals surface area contributed by atoms with Crippen LogP contribution in [0.1, 0.15) is 57.2 Å². The van der Waals surface area contributed by atoms with Crippen LogP contribution in [0.5, 0.6) is 0 Å². The summed E-state index contributed by atoms with van der Waals surface area (Å²) in [6.45, 7) is 2.42. The topological polar surface area (TPSA) is 76.5 Å². The number of aromatic nitrogens is 2. The molecule has 3 aliphatic carbocycles. The minimum atomic E-state index is -0.697. The number of amides is 2. The van der Waals surface area contributed by atoms with Crippen LogP contribution in [-0.2, 0) is 21.4 Å². The molecular formula is C19H28N4O3. The van der Waals surface area contributed by atoms with E-state index < -0.39 is 12.1 Å². The maximum absolute atomic E-state index is 13.2. The quantitative estimate of drug-likeness (QED) is 0.884. The van der Waals surface area contributed by atoms with Gasteiger partial charge in [-0.25, -0.2) is 0 Å². The molecular weight excluding hydrogens is 332 g/mol. The van der Waals surface area contributed by atoms with E-state index in [9.17, 15) is 9.59 Å². The summed E-state index contributed by atoms with van der Waals surface area (Å²) in [7, 11) is 1.83. The van der Waals surface area contributed by atoms with E-state index in [2.05, 4.69) is 10.4 Å². The Morgan fingerprint density at radius 2 is 2.04 bits per heavy atom. The standard InChI is InChI=1S/C19H28N4O3/c1-3-23-15(24)12-26-17(16(23)14-7-11-20-22(14)2)18(25)21-19-8-4-13(5-9-19)6-10-19/h7,11,13,16-17H,3-6,8-10,12H2,1-2H3,(H,21,25)/t13?,16-,17+,19?/m1/s1. The Morgan fingerprint density at radius 1 is 1.35 bits per heavy atom. The van der Waals surface area contributed by atoms with Crippen molar-refractivity contribution in [2.45, 2.75) is 63.1 Å². The average molecular weight is 360 g/mol. The number of aryl methyl sites for hydroxylation is 1. The number of rotatable bonds is 4. The van der Waals surface area contributed by atoms with Crippen LogP contribution < -0.4 is 5.32 Å². The Morgan fingerprint density at radius 3 is 2.62 bits per heavy atom. The number of likely N-dealkylation sites (N-methyl/N-ethyl adjacent to an activating group) is 1. The van der Waals surface area contributed by atoms with Crippen molar-refractivity contribution < 1.29 is 14.3 Å². The first-order chi connectivity index (χ1) is 12.5. The van der Waals surface area contributed by atoms with Gasteiger partial charge in [-0.05, 0) is 57.4 Å². The zero-order valence-corrected chi connectivity index (χ0v) is 15.6. The number of morpholine rings is 1. The Balaban J connectivity index is 1.59. The molecule has 142 valence electrons. The third kappa shape index (κ3) is 2.92. The Hall–Kier alpha value is -1.89. The highest BCUT2D eigenvalue weighted by Crippen LogP contribution is 2.44. The molecule has 1 N–H and O–H groups in total. The largest absolute Gasteiger partial charge is 0.356 e. The van der Waals surface area contributed by atoms with E-state index in [1.54, 1.807) is 15.8 Å². The maximum Gasteiger partial charge on any atom is 0.252 e. The lowest BCUT2D eigenvalue weighted by atomic mass is 9.65. The van der Waals surface area contributed by atoms with E-state index in [1.165, 1.54) is 19.3 Å². The summed E-state index contributed by atoms with van der Waals surface area (Å²) in [4.78, 5) is 27.3. The number of nitrogens with zero attached hydrogens (tertiary/aromatic N) is 3. The molecule has 4 fully saturated rings. The number of fused-ring (bicyclic) bond motifs is 3. The lowest BCUT2D eigenvalue weighted by molar-refractivity contribution is -0.165. The van der Waals surface area contributed by atoms with Gasteiger partial charge in [-0.15, -0.1) is 0 Å².